The lowest BCUT2D eigenvalue weighted by Crippen LogP contribution is -2.37. The lowest BCUT2D eigenvalue weighted by molar-refractivity contribution is -0.134. The second kappa shape index (κ2) is 9.61. The molecule has 2 aromatic carbocycles. The van der Waals surface area contributed by atoms with Crippen LogP contribution in [0.3, 0.4) is 0 Å². The number of amides is 2. The number of nitrogens with zero attached hydrogens (tertiary/aromatic N) is 4. The molecule has 2 heterocycles. The summed E-state index contributed by atoms with van der Waals surface area (Å²) in [6.45, 7) is 8.01. The summed E-state index contributed by atoms with van der Waals surface area (Å²) in [5, 5.41) is 3.98. The van der Waals surface area contributed by atoms with Gasteiger partial charge in [-0.3, -0.25) is 9.59 Å². The van der Waals surface area contributed by atoms with Crippen molar-refractivity contribution in [3.8, 4) is 11.1 Å². The average Bonchev–Trinajstić information content (AvgIpc) is 3.16. The van der Waals surface area contributed by atoms with E-state index in [0.717, 1.165) is 22.7 Å². The second-order valence-corrected chi connectivity index (χ2v) is 9.03. The summed E-state index contributed by atoms with van der Waals surface area (Å²) in [4.78, 5) is 30.6. The molecule has 1 aromatic heterocycles. The van der Waals surface area contributed by atoms with Crippen molar-refractivity contribution in [1.29, 1.82) is 0 Å². The van der Waals surface area contributed by atoms with Crippen LogP contribution in [0.4, 0.5) is 0 Å². The molecule has 0 bridgehead atoms. The lowest BCUT2D eigenvalue weighted by atomic mass is 9.93. The van der Waals surface area contributed by atoms with Gasteiger partial charge < -0.3 is 9.80 Å². The van der Waals surface area contributed by atoms with Gasteiger partial charge in [-0.1, -0.05) is 53.0 Å². The molecule has 6 nitrogen and oxygen atoms in total. The number of aryl methyl sites for hydroxylation is 2. The van der Waals surface area contributed by atoms with Crippen LogP contribution in [0.5, 0.6) is 0 Å². The number of likely N-dealkylation sites (N-methyl/N-ethyl adjacent to an activating group) is 1. The van der Waals surface area contributed by atoms with Gasteiger partial charge in [0.15, 0.2) is 0 Å². The van der Waals surface area contributed by atoms with Crippen LogP contribution in [-0.2, 0) is 11.2 Å². The zero-order valence-electron chi connectivity index (χ0n) is 18.7. The fourth-order valence-electron chi connectivity index (χ4n) is 4.31. The highest BCUT2D eigenvalue weighted by Gasteiger charge is 2.33. The van der Waals surface area contributed by atoms with E-state index in [2.05, 4.69) is 46.8 Å². The van der Waals surface area contributed by atoms with Gasteiger partial charge in [0.25, 0.3) is 5.91 Å². The number of rotatable bonds is 5. The minimum atomic E-state index is -0.283. The standard InChI is InChI=1S/C25H28N4O2S/c1-4-28-12-13-29(25(31)23-18(3)26-27-32-23)16-21(24(28)30)15-19-9-7-10-20(14-19)22-11-6-5-8-17(22)2/h5-11,14,21H,4,12-13,15-16H2,1-3H3/t21-/m1/s1. The Morgan fingerprint density at radius 1 is 1.12 bits per heavy atom. The van der Waals surface area contributed by atoms with Crippen LogP contribution in [-0.4, -0.2) is 57.4 Å². The van der Waals surface area contributed by atoms with Crippen LogP contribution in [0.2, 0.25) is 0 Å². The molecule has 0 spiro atoms. The molecular formula is C25H28N4O2S. The third-order valence-corrected chi connectivity index (χ3v) is 6.94. The highest BCUT2D eigenvalue weighted by molar-refractivity contribution is 7.07. The molecule has 4 rings (SSSR count). The minimum Gasteiger partial charge on any atom is -0.341 e. The minimum absolute atomic E-state index is 0.0816. The van der Waals surface area contributed by atoms with Crippen molar-refractivity contribution >= 4 is 23.3 Å². The number of carbonyl (C=O) groups excluding carboxylic acids is 2. The van der Waals surface area contributed by atoms with Gasteiger partial charge in [0.1, 0.15) is 4.88 Å². The van der Waals surface area contributed by atoms with Gasteiger partial charge in [-0.25, -0.2) is 0 Å². The topological polar surface area (TPSA) is 66.4 Å². The van der Waals surface area contributed by atoms with E-state index < -0.39 is 0 Å². The predicted molar refractivity (Wildman–Crippen MR) is 127 cm³/mol. The van der Waals surface area contributed by atoms with Crippen molar-refractivity contribution in [1.82, 2.24) is 19.4 Å². The Hall–Kier alpha value is -3.06. The first kappa shape index (κ1) is 22.1. The maximum Gasteiger partial charge on any atom is 0.267 e. The Labute approximate surface area is 193 Å². The van der Waals surface area contributed by atoms with Gasteiger partial charge in [-0.15, -0.1) is 5.10 Å². The van der Waals surface area contributed by atoms with Crippen LogP contribution < -0.4 is 0 Å². The summed E-state index contributed by atoms with van der Waals surface area (Å²) in [7, 11) is 0. The number of hydrogen-bond donors (Lipinski definition) is 0. The van der Waals surface area contributed by atoms with E-state index in [1.807, 2.05) is 30.0 Å². The molecule has 0 radical (unpaired) electrons. The third kappa shape index (κ3) is 4.58. The van der Waals surface area contributed by atoms with Gasteiger partial charge in [0, 0.05) is 26.2 Å². The van der Waals surface area contributed by atoms with Crippen molar-refractivity contribution in [3.63, 3.8) is 0 Å². The predicted octanol–water partition coefficient (Wildman–Crippen LogP) is 3.99. The van der Waals surface area contributed by atoms with Gasteiger partial charge in [0.2, 0.25) is 5.91 Å². The Kier molecular flexibility index (Phi) is 6.65. The van der Waals surface area contributed by atoms with Crippen LogP contribution in [0, 0.1) is 19.8 Å². The molecule has 166 valence electrons. The number of aromatic nitrogens is 2. The zero-order valence-corrected chi connectivity index (χ0v) is 19.6. The summed E-state index contributed by atoms with van der Waals surface area (Å²) >= 11 is 1.12. The highest BCUT2D eigenvalue weighted by atomic mass is 32.1. The Morgan fingerprint density at radius 3 is 2.66 bits per heavy atom. The first-order valence-electron chi connectivity index (χ1n) is 11.0. The van der Waals surface area contributed by atoms with Crippen molar-refractivity contribution in [2.24, 2.45) is 5.92 Å². The van der Waals surface area contributed by atoms with E-state index >= 15 is 0 Å². The van der Waals surface area contributed by atoms with E-state index in [4.69, 9.17) is 0 Å². The molecule has 3 aromatic rings. The molecule has 1 saturated heterocycles. The largest absolute Gasteiger partial charge is 0.341 e. The summed E-state index contributed by atoms with van der Waals surface area (Å²) in [6, 6.07) is 16.7. The zero-order chi connectivity index (χ0) is 22.7. The van der Waals surface area contributed by atoms with Gasteiger partial charge in [-0.2, -0.15) is 0 Å². The summed E-state index contributed by atoms with van der Waals surface area (Å²) in [5.41, 5.74) is 5.31. The molecule has 1 fully saturated rings. The number of hydrogen-bond acceptors (Lipinski definition) is 5. The molecule has 0 saturated carbocycles. The van der Waals surface area contributed by atoms with Gasteiger partial charge >= 0.3 is 0 Å². The van der Waals surface area contributed by atoms with E-state index in [1.54, 1.807) is 11.8 Å². The van der Waals surface area contributed by atoms with Crippen LogP contribution in [0.25, 0.3) is 11.1 Å². The van der Waals surface area contributed by atoms with Gasteiger partial charge in [0.05, 0.1) is 11.6 Å². The molecule has 0 aliphatic carbocycles. The maximum atomic E-state index is 13.3. The third-order valence-electron chi connectivity index (χ3n) is 6.12. The van der Waals surface area contributed by atoms with Crippen LogP contribution in [0.15, 0.2) is 48.5 Å². The second-order valence-electron chi connectivity index (χ2n) is 8.27. The smallest absolute Gasteiger partial charge is 0.267 e. The Bertz CT molecular complexity index is 1130. The summed E-state index contributed by atoms with van der Waals surface area (Å²) in [5.74, 6) is -0.250. The van der Waals surface area contributed by atoms with Crippen LogP contribution in [0.1, 0.15) is 33.4 Å². The Morgan fingerprint density at radius 2 is 1.94 bits per heavy atom. The average molecular weight is 449 g/mol. The maximum absolute atomic E-state index is 13.3. The molecule has 1 aliphatic heterocycles. The molecule has 7 heteroatoms. The molecule has 0 unspecified atom stereocenters. The number of benzene rings is 2. The van der Waals surface area contributed by atoms with Crippen molar-refractivity contribution in [2.45, 2.75) is 27.2 Å². The van der Waals surface area contributed by atoms with E-state index in [1.165, 1.54) is 11.1 Å². The summed E-state index contributed by atoms with van der Waals surface area (Å²) in [6.07, 6.45) is 0.596. The fraction of sp³-hybridized carbons (Fsp3) is 0.360. The molecule has 1 atom stereocenters. The van der Waals surface area contributed by atoms with Crippen molar-refractivity contribution < 1.29 is 9.59 Å². The van der Waals surface area contributed by atoms with E-state index in [9.17, 15) is 9.59 Å². The van der Waals surface area contributed by atoms with E-state index in [-0.39, 0.29) is 17.7 Å². The highest BCUT2D eigenvalue weighted by Crippen LogP contribution is 2.26. The van der Waals surface area contributed by atoms with Crippen molar-refractivity contribution in [2.75, 3.05) is 26.2 Å². The SMILES string of the molecule is CCN1CCN(C(=O)c2snnc2C)C[C@@H](Cc2cccc(-c3ccccc3C)c2)C1=O. The quantitative estimate of drug-likeness (QED) is 0.592. The Balaban J connectivity index is 1.60. The first-order valence-corrected chi connectivity index (χ1v) is 11.8. The molecule has 0 N–H and O–H groups in total. The van der Waals surface area contributed by atoms with Crippen LogP contribution >= 0.6 is 11.5 Å². The van der Waals surface area contributed by atoms with E-state index in [0.29, 0.717) is 43.2 Å². The van der Waals surface area contributed by atoms with Gasteiger partial charge in [-0.05, 0) is 61.0 Å². The number of carbonyl (C=O) groups is 2. The lowest BCUT2D eigenvalue weighted by Gasteiger charge is -2.23. The monoisotopic (exact) mass is 448 g/mol. The molecule has 2 amide bonds. The molecular weight excluding hydrogens is 420 g/mol. The molecule has 32 heavy (non-hydrogen) atoms. The summed E-state index contributed by atoms with van der Waals surface area (Å²) < 4.78 is 3.91. The van der Waals surface area contributed by atoms with Crippen molar-refractivity contribution in [3.05, 3.63) is 70.2 Å². The molecule has 1 aliphatic rings. The first-order chi connectivity index (χ1) is 15.5. The normalized spacial score (nSPS) is 16.8. The fourth-order valence-corrected chi connectivity index (χ4v) is 4.94.